The van der Waals surface area contributed by atoms with Gasteiger partial charge < -0.3 is 9.80 Å². The van der Waals surface area contributed by atoms with Gasteiger partial charge in [-0.05, 0) is 26.7 Å². The minimum absolute atomic E-state index is 0.969. The summed E-state index contributed by atoms with van der Waals surface area (Å²) < 4.78 is 0. The van der Waals surface area contributed by atoms with Crippen LogP contribution in [0, 0.1) is 0 Å². The minimum atomic E-state index is 0.969. The fourth-order valence-corrected chi connectivity index (χ4v) is 1.70. The van der Waals surface area contributed by atoms with Crippen LogP contribution in [0.1, 0.15) is 52.4 Å². The first-order chi connectivity index (χ1) is 9.45. The number of rotatable bonds is 9. The fraction of sp³-hybridized carbons (Fsp3) is 0.875. The van der Waals surface area contributed by atoms with Crippen molar-refractivity contribution in [1.82, 2.24) is 9.80 Å². The zero-order chi connectivity index (χ0) is 15.4. The Morgan fingerprint density at radius 1 is 0.600 bits per heavy atom. The van der Waals surface area contributed by atoms with Gasteiger partial charge in [0.05, 0.1) is 11.7 Å². The quantitative estimate of drug-likeness (QED) is 0.369. The van der Waals surface area contributed by atoms with E-state index in [-0.39, 0.29) is 0 Å². The molecule has 0 unspecified atom stereocenters. The molecule has 0 amide bonds. The van der Waals surface area contributed by atoms with E-state index in [0.717, 1.165) is 24.8 Å². The molecule has 118 valence electrons. The summed E-state index contributed by atoms with van der Waals surface area (Å²) in [6.45, 7) is 6.07. The molecule has 0 saturated heterocycles. The van der Waals surface area contributed by atoms with Gasteiger partial charge in [-0.25, -0.2) is 0 Å². The van der Waals surface area contributed by atoms with Gasteiger partial charge in [-0.3, -0.25) is 9.98 Å². The molecule has 4 heteroatoms. The number of hydrogen-bond donors (Lipinski definition) is 0. The van der Waals surface area contributed by atoms with Crippen molar-refractivity contribution < 1.29 is 0 Å². The third kappa shape index (κ3) is 10.8. The van der Waals surface area contributed by atoms with E-state index in [2.05, 4.69) is 33.6 Å². The largest absolute Gasteiger partial charge is 0.367 e. The lowest BCUT2D eigenvalue weighted by Crippen LogP contribution is -2.18. The smallest absolute Gasteiger partial charge is 0.0952 e. The lowest BCUT2D eigenvalue weighted by atomic mass is 10.1. The van der Waals surface area contributed by atoms with E-state index < -0.39 is 0 Å². The van der Waals surface area contributed by atoms with Gasteiger partial charge in [-0.1, -0.05) is 25.7 Å². The number of unbranched alkanes of at least 4 members (excludes halogenated alkanes) is 5. The van der Waals surface area contributed by atoms with Crippen molar-refractivity contribution in [3.8, 4) is 0 Å². The highest BCUT2D eigenvalue weighted by molar-refractivity contribution is 5.79. The SMILES string of the molecule is CC(=NCCCCCCCCN=C(C)N(C)C)N(C)C. The number of hydrogen-bond acceptors (Lipinski definition) is 2. The van der Waals surface area contributed by atoms with Crippen molar-refractivity contribution in [1.29, 1.82) is 0 Å². The van der Waals surface area contributed by atoms with Crippen molar-refractivity contribution in [2.24, 2.45) is 9.98 Å². The van der Waals surface area contributed by atoms with Crippen molar-refractivity contribution >= 4 is 11.7 Å². The lowest BCUT2D eigenvalue weighted by Gasteiger charge is -2.11. The summed E-state index contributed by atoms with van der Waals surface area (Å²) >= 11 is 0. The molecule has 0 saturated carbocycles. The van der Waals surface area contributed by atoms with Crippen molar-refractivity contribution in [3.05, 3.63) is 0 Å². The lowest BCUT2D eigenvalue weighted by molar-refractivity contribution is 0.585. The van der Waals surface area contributed by atoms with Crippen LogP contribution in [0.3, 0.4) is 0 Å². The Kier molecular flexibility index (Phi) is 11.1. The van der Waals surface area contributed by atoms with Crippen molar-refractivity contribution in [2.45, 2.75) is 52.4 Å². The van der Waals surface area contributed by atoms with E-state index in [9.17, 15) is 0 Å². The summed E-state index contributed by atoms with van der Waals surface area (Å²) in [4.78, 5) is 13.2. The predicted octanol–water partition coefficient (Wildman–Crippen LogP) is 3.29. The van der Waals surface area contributed by atoms with Crippen molar-refractivity contribution in [2.75, 3.05) is 41.3 Å². The maximum atomic E-state index is 4.53. The first kappa shape index (κ1) is 18.9. The molecule has 0 aromatic rings. The van der Waals surface area contributed by atoms with Crippen LogP contribution >= 0.6 is 0 Å². The Balaban J connectivity index is 3.38. The Morgan fingerprint density at radius 3 is 1.20 bits per heavy atom. The molecule has 0 N–H and O–H groups in total. The summed E-state index contributed by atoms with van der Waals surface area (Å²) in [6.07, 6.45) is 7.67. The van der Waals surface area contributed by atoms with Gasteiger partial charge in [-0.2, -0.15) is 0 Å². The van der Waals surface area contributed by atoms with Gasteiger partial charge in [0.15, 0.2) is 0 Å². The Labute approximate surface area is 126 Å². The topological polar surface area (TPSA) is 31.2 Å². The highest BCUT2D eigenvalue weighted by Gasteiger charge is 1.94. The first-order valence-electron chi connectivity index (χ1n) is 7.82. The number of amidine groups is 2. The molecule has 0 aliphatic carbocycles. The second kappa shape index (κ2) is 11.7. The highest BCUT2D eigenvalue weighted by atomic mass is 15.1. The Bertz CT molecular complexity index is 263. The van der Waals surface area contributed by atoms with Crippen LogP contribution in [0.2, 0.25) is 0 Å². The van der Waals surface area contributed by atoms with Gasteiger partial charge in [0.2, 0.25) is 0 Å². The molecule has 0 fully saturated rings. The normalized spacial score (nSPS) is 12.7. The highest BCUT2D eigenvalue weighted by Crippen LogP contribution is 2.06. The predicted molar refractivity (Wildman–Crippen MR) is 91.0 cm³/mol. The second-order valence-corrected chi connectivity index (χ2v) is 5.77. The molecule has 0 heterocycles. The zero-order valence-electron chi connectivity index (χ0n) is 14.4. The standard InChI is InChI=1S/C16H34N4/c1-15(19(3)4)17-13-11-9-7-8-10-12-14-18-16(2)20(5)6/h7-14H2,1-6H3. The molecule has 20 heavy (non-hydrogen) atoms. The molecule has 0 aliphatic heterocycles. The molecule has 0 aliphatic rings. The van der Waals surface area contributed by atoms with Gasteiger partial charge >= 0.3 is 0 Å². The van der Waals surface area contributed by atoms with E-state index >= 15 is 0 Å². The molecular weight excluding hydrogens is 248 g/mol. The van der Waals surface area contributed by atoms with E-state index in [1.807, 2.05) is 28.2 Å². The summed E-state index contributed by atoms with van der Waals surface area (Å²) in [5.74, 6) is 2.25. The average molecular weight is 282 g/mol. The van der Waals surface area contributed by atoms with Crippen LogP contribution in [-0.4, -0.2) is 62.8 Å². The van der Waals surface area contributed by atoms with Crippen LogP contribution in [-0.2, 0) is 0 Å². The van der Waals surface area contributed by atoms with Gasteiger partial charge in [0, 0.05) is 41.3 Å². The minimum Gasteiger partial charge on any atom is -0.367 e. The van der Waals surface area contributed by atoms with Crippen LogP contribution in [0.15, 0.2) is 9.98 Å². The molecule has 0 spiro atoms. The molecule has 0 bridgehead atoms. The summed E-state index contributed by atoms with van der Waals surface area (Å²) in [5, 5.41) is 0. The van der Waals surface area contributed by atoms with Crippen LogP contribution in [0.5, 0.6) is 0 Å². The van der Waals surface area contributed by atoms with Gasteiger partial charge in [-0.15, -0.1) is 0 Å². The zero-order valence-corrected chi connectivity index (χ0v) is 14.4. The average Bonchev–Trinajstić information content (AvgIpc) is 2.39. The summed E-state index contributed by atoms with van der Waals surface area (Å²) in [6, 6.07) is 0. The maximum absolute atomic E-state index is 4.53. The molecule has 4 nitrogen and oxygen atoms in total. The molecule has 0 rings (SSSR count). The van der Waals surface area contributed by atoms with Crippen LogP contribution in [0.4, 0.5) is 0 Å². The van der Waals surface area contributed by atoms with Crippen LogP contribution < -0.4 is 0 Å². The third-order valence-electron chi connectivity index (χ3n) is 3.54. The number of aliphatic imine (C=N–C) groups is 2. The Morgan fingerprint density at radius 2 is 0.900 bits per heavy atom. The summed E-state index contributed by atoms with van der Waals surface area (Å²) in [5.41, 5.74) is 0. The van der Waals surface area contributed by atoms with E-state index in [4.69, 9.17) is 0 Å². The van der Waals surface area contributed by atoms with Crippen molar-refractivity contribution in [3.63, 3.8) is 0 Å². The fourth-order valence-electron chi connectivity index (χ4n) is 1.70. The second-order valence-electron chi connectivity index (χ2n) is 5.77. The molecular formula is C16H34N4. The molecule has 0 aromatic heterocycles. The van der Waals surface area contributed by atoms with E-state index in [1.165, 1.54) is 38.5 Å². The molecule has 0 radical (unpaired) electrons. The molecule has 0 aromatic carbocycles. The maximum Gasteiger partial charge on any atom is 0.0952 e. The summed E-state index contributed by atoms with van der Waals surface area (Å²) in [7, 11) is 8.16. The van der Waals surface area contributed by atoms with E-state index in [1.54, 1.807) is 0 Å². The first-order valence-corrected chi connectivity index (χ1v) is 7.82. The van der Waals surface area contributed by atoms with Crippen LogP contribution in [0.25, 0.3) is 0 Å². The molecule has 0 atom stereocenters. The Hall–Kier alpha value is -1.06. The van der Waals surface area contributed by atoms with E-state index in [0.29, 0.717) is 0 Å². The number of nitrogens with zero attached hydrogens (tertiary/aromatic N) is 4. The third-order valence-corrected chi connectivity index (χ3v) is 3.54. The monoisotopic (exact) mass is 282 g/mol. The van der Waals surface area contributed by atoms with Gasteiger partial charge in [0.1, 0.15) is 0 Å². The van der Waals surface area contributed by atoms with Gasteiger partial charge in [0.25, 0.3) is 0 Å².